The fourth-order valence-corrected chi connectivity index (χ4v) is 5.22. The third-order valence-corrected chi connectivity index (χ3v) is 7.55. The summed E-state index contributed by atoms with van der Waals surface area (Å²) >= 11 is 1.65. The van der Waals surface area contributed by atoms with Crippen LogP contribution in [0.15, 0.2) is 99.0 Å². The van der Waals surface area contributed by atoms with Crippen LogP contribution in [0.2, 0.25) is 0 Å². The number of aryl methyl sites for hydroxylation is 2. The fraction of sp³-hybridized carbons (Fsp3) is 0.129. The SMILES string of the molecule is C/C(=N/OC(=O)Nc1ccccc1)c1sc2ccccc2c1C.Cc1cc(-c2nnc(-c3cccc(C(F)(F)F)c3)o2)no1. The number of halogens is 3. The van der Waals surface area contributed by atoms with Crippen molar-refractivity contribution in [1.82, 2.24) is 15.4 Å². The van der Waals surface area contributed by atoms with Crippen LogP contribution in [0.3, 0.4) is 0 Å². The lowest BCUT2D eigenvalue weighted by Crippen LogP contribution is -2.11. The Hall–Kier alpha value is -5.30. The van der Waals surface area contributed by atoms with Crippen LogP contribution in [0.5, 0.6) is 0 Å². The van der Waals surface area contributed by atoms with Crippen LogP contribution < -0.4 is 5.32 Å². The molecule has 0 spiro atoms. The molecule has 44 heavy (non-hydrogen) atoms. The number of fused-ring (bicyclic) bond motifs is 1. The summed E-state index contributed by atoms with van der Waals surface area (Å²) in [6.45, 7) is 5.59. The minimum atomic E-state index is -4.43. The van der Waals surface area contributed by atoms with E-state index in [0.29, 0.717) is 22.9 Å². The molecular formula is C31H24F3N5O4S. The van der Waals surface area contributed by atoms with Gasteiger partial charge in [0.25, 0.3) is 5.89 Å². The molecule has 0 bridgehead atoms. The summed E-state index contributed by atoms with van der Waals surface area (Å²) in [5.41, 5.74) is 2.24. The van der Waals surface area contributed by atoms with Crippen LogP contribution in [-0.4, -0.2) is 27.2 Å². The van der Waals surface area contributed by atoms with Gasteiger partial charge in [-0.15, -0.1) is 21.5 Å². The van der Waals surface area contributed by atoms with Gasteiger partial charge in [0.1, 0.15) is 5.76 Å². The van der Waals surface area contributed by atoms with Gasteiger partial charge in [0.05, 0.1) is 16.2 Å². The average molecular weight is 620 g/mol. The minimum absolute atomic E-state index is 0.0169. The van der Waals surface area contributed by atoms with E-state index in [1.807, 2.05) is 37.3 Å². The van der Waals surface area contributed by atoms with Crippen molar-refractivity contribution in [3.05, 3.63) is 107 Å². The van der Waals surface area contributed by atoms with E-state index in [-0.39, 0.29) is 17.3 Å². The van der Waals surface area contributed by atoms with Crippen LogP contribution in [-0.2, 0) is 11.0 Å². The third kappa shape index (κ3) is 7.18. The predicted molar refractivity (Wildman–Crippen MR) is 160 cm³/mol. The Morgan fingerprint density at radius 2 is 1.66 bits per heavy atom. The summed E-state index contributed by atoms with van der Waals surface area (Å²) in [4.78, 5) is 17.8. The fourth-order valence-electron chi connectivity index (χ4n) is 4.07. The number of carbonyl (C=O) groups excluding carboxylic acids is 1. The van der Waals surface area contributed by atoms with Crippen molar-refractivity contribution in [3.8, 4) is 23.0 Å². The van der Waals surface area contributed by atoms with Crippen molar-refractivity contribution >= 4 is 38.9 Å². The number of carbonyl (C=O) groups is 1. The summed E-state index contributed by atoms with van der Waals surface area (Å²) in [6, 6.07) is 23.6. The second-order valence-corrected chi connectivity index (χ2v) is 10.5. The molecule has 0 aliphatic rings. The molecule has 0 atom stereocenters. The molecule has 3 aromatic carbocycles. The van der Waals surface area contributed by atoms with Crippen molar-refractivity contribution in [1.29, 1.82) is 0 Å². The molecule has 1 N–H and O–H groups in total. The minimum Gasteiger partial charge on any atom is -0.414 e. The zero-order chi connectivity index (χ0) is 31.3. The average Bonchev–Trinajstić information content (AvgIpc) is 3.76. The zero-order valence-corrected chi connectivity index (χ0v) is 24.4. The van der Waals surface area contributed by atoms with E-state index in [2.05, 4.69) is 44.9 Å². The summed E-state index contributed by atoms with van der Waals surface area (Å²) in [5, 5.41) is 19.0. The van der Waals surface area contributed by atoms with E-state index in [1.54, 1.807) is 36.5 Å². The molecular weight excluding hydrogens is 595 g/mol. The lowest BCUT2D eigenvalue weighted by molar-refractivity contribution is -0.137. The number of alkyl halides is 3. The van der Waals surface area contributed by atoms with Gasteiger partial charge in [-0.2, -0.15) is 13.2 Å². The second-order valence-electron chi connectivity index (χ2n) is 9.41. The highest BCUT2D eigenvalue weighted by Gasteiger charge is 2.31. The van der Waals surface area contributed by atoms with Crippen molar-refractivity contribution in [2.75, 3.05) is 5.32 Å². The molecule has 0 radical (unpaired) electrons. The summed E-state index contributed by atoms with van der Waals surface area (Å²) in [7, 11) is 0. The number of nitrogens with zero attached hydrogens (tertiary/aromatic N) is 4. The first-order valence-corrected chi connectivity index (χ1v) is 13.9. The number of nitrogens with one attached hydrogen (secondary N) is 1. The number of oxime groups is 1. The first kappa shape index (κ1) is 30.2. The van der Waals surface area contributed by atoms with Crippen LogP contribution in [0.25, 0.3) is 33.1 Å². The van der Waals surface area contributed by atoms with Crippen molar-refractivity contribution < 1.29 is 31.7 Å². The van der Waals surface area contributed by atoms with E-state index >= 15 is 0 Å². The van der Waals surface area contributed by atoms with Gasteiger partial charge in [-0.1, -0.05) is 52.8 Å². The van der Waals surface area contributed by atoms with Crippen LogP contribution in [0, 0.1) is 13.8 Å². The first-order chi connectivity index (χ1) is 21.1. The van der Waals surface area contributed by atoms with E-state index < -0.39 is 17.8 Å². The van der Waals surface area contributed by atoms with Gasteiger partial charge < -0.3 is 8.94 Å². The maximum Gasteiger partial charge on any atom is 0.437 e. The topological polar surface area (TPSA) is 116 Å². The van der Waals surface area contributed by atoms with E-state index in [4.69, 9.17) is 13.8 Å². The molecule has 3 aromatic heterocycles. The van der Waals surface area contributed by atoms with Gasteiger partial charge in [0.15, 0.2) is 5.69 Å². The van der Waals surface area contributed by atoms with E-state index in [1.165, 1.54) is 22.2 Å². The number of hydrogen-bond donors (Lipinski definition) is 1. The number of aromatic nitrogens is 3. The van der Waals surface area contributed by atoms with Gasteiger partial charge in [0, 0.05) is 22.0 Å². The highest BCUT2D eigenvalue weighted by Crippen LogP contribution is 2.33. The normalized spacial score (nSPS) is 11.6. The number of para-hydroxylation sites is 1. The summed E-state index contributed by atoms with van der Waals surface area (Å²) < 4.78 is 49.4. The Bertz CT molecular complexity index is 1930. The van der Waals surface area contributed by atoms with Crippen molar-refractivity contribution in [2.24, 2.45) is 5.16 Å². The monoisotopic (exact) mass is 619 g/mol. The lowest BCUT2D eigenvalue weighted by Gasteiger charge is -2.06. The molecule has 224 valence electrons. The Morgan fingerprint density at radius 1 is 0.932 bits per heavy atom. The number of benzene rings is 3. The summed E-state index contributed by atoms with van der Waals surface area (Å²) in [6.07, 6.45) is -5.03. The highest BCUT2D eigenvalue weighted by molar-refractivity contribution is 7.21. The van der Waals surface area contributed by atoms with Gasteiger partial charge in [-0.25, -0.2) is 4.79 Å². The van der Waals surface area contributed by atoms with Crippen LogP contribution >= 0.6 is 11.3 Å². The predicted octanol–water partition coefficient (Wildman–Crippen LogP) is 8.90. The largest absolute Gasteiger partial charge is 0.437 e. The molecule has 0 saturated carbocycles. The smallest absolute Gasteiger partial charge is 0.414 e. The number of thiophene rings is 1. The molecule has 0 aliphatic carbocycles. The van der Waals surface area contributed by atoms with E-state index in [9.17, 15) is 18.0 Å². The van der Waals surface area contributed by atoms with Gasteiger partial charge >= 0.3 is 12.3 Å². The molecule has 3 heterocycles. The Labute approximate surface area is 253 Å². The molecule has 6 aromatic rings. The Balaban J connectivity index is 0.000000175. The Kier molecular flexibility index (Phi) is 8.86. The molecule has 0 fully saturated rings. The molecule has 0 aliphatic heterocycles. The number of amides is 1. The molecule has 13 heteroatoms. The maximum atomic E-state index is 12.7. The summed E-state index contributed by atoms with van der Waals surface area (Å²) in [5.74, 6) is 0.625. The van der Waals surface area contributed by atoms with Gasteiger partial charge in [-0.05, 0) is 68.1 Å². The van der Waals surface area contributed by atoms with Gasteiger partial charge in [0.2, 0.25) is 5.89 Å². The van der Waals surface area contributed by atoms with Gasteiger partial charge in [-0.3, -0.25) is 10.2 Å². The third-order valence-electron chi connectivity index (χ3n) is 6.17. The first-order valence-electron chi connectivity index (χ1n) is 13.1. The molecule has 9 nitrogen and oxygen atoms in total. The molecule has 1 amide bonds. The molecule has 6 rings (SSSR count). The van der Waals surface area contributed by atoms with Crippen molar-refractivity contribution in [2.45, 2.75) is 26.9 Å². The van der Waals surface area contributed by atoms with Crippen LogP contribution in [0.4, 0.5) is 23.7 Å². The zero-order valence-electron chi connectivity index (χ0n) is 23.5. The number of hydrogen-bond acceptors (Lipinski definition) is 9. The second kappa shape index (κ2) is 12.9. The van der Waals surface area contributed by atoms with Crippen molar-refractivity contribution in [3.63, 3.8) is 0 Å². The van der Waals surface area contributed by atoms with Crippen LogP contribution in [0.1, 0.15) is 28.7 Å². The number of anilines is 1. The highest BCUT2D eigenvalue weighted by atomic mass is 32.1. The van der Waals surface area contributed by atoms with E-state index in [0.717, 1.165) is 22.6 Å². The quantitative estimate of drug-likeness (QED) is 0.116. The molecule has 0 saturated heterocycles. The maximum absolute atomic E-state index is 12.7. The molecule has 0 unspecified atom stereocenters. The number of rotatable bonds is 5. The Morgan fingerprint density at radius 3 is 2.36 bits per heavy atom. The lowest BCUT2D eigenvalue weighted by atomic mass is 10.1. The standard InChI is InChI=1S/C18H16N2O2S.C13H8F3N3O2/c1-12-15-10-6-7-11-16(15)23-17(12)13(2)20-22-18(21)19-14-8-4-3-5-9-14;1-7-5-10(19-21-7)12-18-17-11(20-12)8-3-2-4-9(6-8)13(14,15)16/h3-11H,1-2H3,(H,19,21);2-6H,1H3/b20-13-;.